The van der Waals surface area contributed by atoms with Crippen LogP contribution >= 0.6 is 0 Å². The molecule has 2 rings (SSSR count). The molecule has 92 valence electrons. The molecule has 0 amide bonds. The number of benzene rings is 1. The average Bonchev–Trinajstić information content (AvgIpc) is 2.38. The van der Waals surface area contributed by atoms with E-state index in [1.165, 1.54) is 30.5 Å². The van der Waals surface area contributed by atoms with Crippen LogP contribution in [0.15, 0.2) is 42.6 Å². The summed E-state index contributed by atoms with van der Waals surface area (Å²) in [5.41, 5.74) is 0.841. The highest BCUT2D eigenvalue weighted by atomic mass is 19.1. The molecule has 0 aliphatic carbocycles. The number of aromatic nitrogens is 1. The highest BCUT2D eigenvalue weighted by molar-refractivity contribution is 5.96. The van der Waals surface area contributed by atoms with Crippen molar-refractivity contribution in [3.63, 3.8) is 0 Å². The SMILES string of the molecule is O=C(CCc1ccc(F)cc1)c1cccnc1F. The predicted molar refractivity (Wildman–Crippen MR) is 63.2 cm³/mol. The fourth-order valence-electron chi connectivity index (χ4n) is 1.64. The van der Waals surface area contributed by atoms with Gasteiger partial charge >= 0.3 is 0 Å². The maximum atomic E-state index is 13.2. The molecule has 0 aliphatic rings. The zero-order chi connectivity index (χ0) is 13.0. The number of carbonyl (C=O) groups excluding carboxylic acids is 1. The van der Waals surface area contributed by atoms with Crippen LogP contribution in [0.2, 0.25) is 0 Å². The summed E-state index contributed by atoms with van der Waals surface area (Å²) in [4.78, 5) is 15.2. The third kappa shape index (κ3) is 2.97. The molecule has 1 aromatic carbocycles. The minimum Gasteiger partial charge on any atom is -0.294 e. The molecule has 0 fully saturated rings. The molecule has 1 heterocycles. The molecule has 2 nitrogen and oxygen atoms in total. The fourth-order valence-corrected chi connectivity index (χ4v) is 1.64. The second-order valence-electron chi connectivity index (χ2n) is 3.89. The number of ketones is 1. The van der Waals surface area contributed by atoms with Gasteiger partial charge in [-0.3, -0.25) is 4.79 Å². The second-order valence-corrected chi connectivity index (χ2v) is 3.89. The minimum atomic E-state index is -0.749. The topological polar surface area (TPSA) is 30.0 Å². The molecule has 0 unspecified atom stereocenters. The smallest absolute Gasteiger partial charge is 0.223 e. The van der Waals surface area contributed by atoms with Gasteiger partial charge in [0.15, 0.2) is 5.78 Å². The Kier molecular flexibility index (Phi) is 3.77. The third-order valence-corrected chi connectivity index (χ3v) is 2.61. The van der Waals surface area contributed by atoms with Gasteiger partial charge < -0.3 is 0 Å². The summed E-state index contributed by atoms with van der Waals surface area (Å²) in [5.74, 6) is -1.37. The van der Waals surface area contributed by atoms with Crippen LogP contribution in [-0.2, 0) is 6.42 Å². The number of hydrogen-bond acceptors (Lipinski definition) is 2. The van der Waals surface area contributed by atoms with Crippen molar-refractivity contribution in [1.82, 2.24) is 4.98 Å². The number of aryl methyl sites for hydroxylation is 1. The van der Waals surface area contributed by atoms with Crippen molar-refractivity contribution in [2.24, 2.45) is 0 Å². The zero-order valence-corrected chi connectivity index (χ0v) is 9.57. The van der Waals surface area contributed by atoms with E-state index in [2.05, 4.69) is 4.98 Å². The Hall–Kier alpha value is -2.10. The summed E-state index contributed by atoms with van der Waals surface area (Å²) in [7, 11) is 0. The number of rotatable bonds is 4. The van der Waals surface area contributed by atoms with Gasteiger partial charge in [-0.1, -0.05) is 12.1 Å². The van der Waals surface area contributed by atoms with E-state index in [0.29, 0.717) is 6.42 Å². The molecule has 0 N–H and O–H groups in total. The Labute approximate surface area is 103 Å². The lowest BCUT2D eigenvalue weighted by Crippen LogP contribution is -2.05. The summed E-state index contributed by atoms with van der Waals surface area (Å²) < 4.78 is 25.9. The molecule has 0 bridgehead atoms. The Morgan fingerprint density at radius 1 is 1.11 bits per heavy atom. The fraction of sp³-hybridized carbons (Fsp3) is 0.143. The van der Waals surface area contributed by atoms with Crippen molar-refractivity contribution in [2.75, 3.05) is 0 Å². The third-order valence-electron chi connectivity index (χ3n) is 2.61. The number of carbonyl (C=O) groups is 1. The van der Waals surface area contributed by atoms with Crippen LogP contribution in [0.5, 0.6) is 0 Å². The Balaban J connectivity index is 2.01. The quantitative estimate of drug-likeness (QED) is 0.613. The molecule has 0 saturated heterocycles. The van der Waals surface area contributed by atoms with E-state index in [9.17, 15) is 13.6 Å². The summed E-state index contributed by atoms with van der Waals surface area (Å²) in [6, 6.07) is 8.84. The highest BCUT2D eigenvalue weighted by Crippen LogP contribution is 2.11. The first-order valence-electron chi connectivity index (χ1n) is 5.55. The van der Waals surface area contributed by atoms with E-state index in [-0.39, 0.29) is 23.6 Å². The Bertz CT molecular complexity index is 552. The summed E-state index contributed by atoms with van der Waals surface area (Å²) in [6.45, 7) is 0. The minimum absolute atomic E-state index is 0.000360. The van der Waals surface area contributed by atoms with Crippen molar-refractivity contribution >= 4 is 5.78 Å². The highest BCUT2D eigenvalue weighted by Gasteiger charge is 2.11. The van der Waals surface area contributed by atoms with Gasteiger partial charge in [0.1, 0.15) is 5.82 Å². The van der Waals surface area contributed by atoms with Crippen molar-refractivity contribution in [3.05, 3.63) is 65.5 Å². The lowest BCUT2D eigenvalue weighted by Gasteiger charge is -2.02. The molecule has 0 radical (unpaired) electrons. The van der Waals surface area contributed by atoms with Gasteiger partial charge in [-0.2, -0.15) is 4.39 Å². The van der Waals surface area contributed by atoms with Crippen LogP contribution < -0.4 is 0 Å². The van der Waals surface area contributed by atoms with Gasteiger partial charge in [0.25, 0.3) is 0 Å². The summed E-state index contributed by atoms with van der Waals surface area (Å²) in [6.07, 6.45) is 1.92. The van der Waals surface area contributed by atoms with Crippen LogP contribution in [0.4, 0.5) is 8.78 Å². The number of hydrogen-bond donors (Lipinski definition) is 0. The first-order chi connectivity index (χ1) is 8.66. The van der Waals surface area contributed by atoms with E-state index < -0.39 is 5.95 Å². The Morgan fingerprint density at radius 3 is 2.50 bits per heavy atom. The molecule has 2 aromatic rings. The van der Waals surface area contributed by atoms with E-state index in [4.69, 9.17) is 0 Å². The van der Waals surface area contributed by atoms with E-state index >= 15 is 0 Å². The Morgan fingerprint density at radius 2 is 1.83 bits per heavy atom. The molecule has 1 aromatic heterocycles. The van der Waals surface area contributed by atoms with Gasteiger partial charge in [0.2, 0.25) is 5.95 Å². The largest absolute Gasteiger partial charge is 0.294 e. The standard InChI is InChI=1S/C14H11F2NO/c15-11-6-3-10(4-7-11)5-8-13(18)12-2-1-9-17-14(12)16/h1-4,6-7,9H,5,8H2. The van der Waals surface area contributed by atoms with Crippen molar-refractivity contribution in [2.45, 2.75) is 12.8 Å². The molecule has 0 aliphatic heterocycles. The molecular formula is C14H11F2NO. The number of pyridine rings is 1. The molecule has 0 saturated carbocycles. The van der Waals surface area contributed by atoms with E-state index in [1.807, 2.05) is 0 Å². The zero-order valence-electron chi connectivity index (χ0n) is 9.57. The number of Topliss-reactive ketones (excluding diaryl/α,β-unsaturated/α-hetero) is 1. The normalized spacial score (nSPS) is 10.3. The van der Waals surface area contributed by atoms with Crippen LogP contribution in [0.3, 0.4) is 0 Å². The first kappa shape index (κ1) is 12.4. The maximum absolute atomic E-state index is 13.2. The van der Waals surface area contributed by atoms with E-state index in [1.54, 1.807) is 12.1 Å². The predicted octanol–water partition coefficient (Wildman–Crippen LogP) is 3.18. The van der Waals surface area contributed by atoms with Gasteiger partial charge in [-0.25, -0.2) is 9.37 Å². The summed E-state index contributed by atoms with van der Waals surface area (Å²) in [5, 5.41) is 0. The van der Waals surface area contributed by atoms with Gasteiger partial charge in [-0.15, -0.1) is 0 Å². The van der Waals surface area contributed by atoms with Crippen molar-refractivity contribution < 1.29 is 13.6 Å². The van der Waals surface area contributed by atoms with Crippen LogP contribution in [0, 0.1) is 11.8 Å². The van der Waals surface area contributed by atoms with Gasteiger partial charge in [0, 0.05) is 12.6 Å². The maximum Gasteiger partial charge on any atom is 0.223 e. The lowest BCUT2D eigenvalue weighted by atomic mass is 10.0. The van der Waals surface area contributed by atoms with Crippen LogP contribution in [0.25, 0.3) is 0 Å². The monoisotopic (exact) mass is 247 g/mol. The molecule has 0 atom stereocenters. The second kappa shape index (κ2) is 5.49. The number of halogens is 2. The van der Waals surface area contributed by atoms with Crippen LogP contribution in [0.1, 0.15) is 22.3 Å². The average molecular weight is 247 g/mol. The first-order valence-corrected chi connectivity index (χ1v) is 5.55. The van der Waals surface area contributed by atoms with Gasteiger partial charge in [-0.05, 0) is 36.2 Å². The lowest BCUT2D eigenvalue weighted by molar-refractivity contribution is 0.0978. The number of nitrogens with zero attached hydrogens (tertiary/aromatic N) is 1. The molecular weight excluding hydrogens is 236 g/mol. The van der Waals surface area contributed by atoms with Crippen molar-refractivity contribution in [3.8, 4) is 0 Å². The summed E-state index contributed by atoms with van der Waals surface area (Å²) >= 11 is 0. The van der Waals surface area contributed by atoms with E-state index in [0.717, 1.165) is 5.56 Å². The van der Waals surface area contributed by atoms with Crippen LogP contribution in [-0.4, -0.2) is 10.8 Å². The molecule has 18 heavy (non-hydrogen) atoms. The molecule has 0 spiro atoms. The molecule has 4 heteroatoms. The van der Waals surface area contributed by atoms with Crippen molar-refractivity contribution in [1.29, 1.82) is 0 Å². The van der Waals surface area contributed by atoms with Gasteiger partial charge in [0.05, 0.1) is 5.56 Å².